The lowest BCUT2D eigenvalue weighted by Gasteiger charge is -2.71. The van der Waals surface area contributed by atoms with E-state index >= 15 is 0 Å². The molecule has 12 atom stereocenters. The van der Waals surface area contributed by atoms with Crippen molar-refractivity contribution in [3.8, 4) is 0 Å². The Hall–Kier alpha value is -1.48. The van der Waals surface area contributed by atoms with Gasteiger partial charge in [0.15, 0.2) is 0 Å². The molecule has 5 aliphatic rings. The molecular formula is C30H46O8. The van der Waals surface area contributed by atoms with Crippen LogP contribution in [-0.4, -0.2) is 67.0 Å². The van der Waals surface area contributed by atoms with E-state index in [4.69, 9.17) is 0 Å². The van der Waals surface area contributed by atoms with Crippen LogP contribution in [0.25, 0.3) is 0 Å². The summed E-state index contributed by atoms with van der Waals surface area (Å²) in [7, 11) is 0. The van der Waals surface area contributed by atoms with E-state index in [-0.39, 0.29) is 23.7 Å². The fourth-order valence-corrected chi connectivity index (χ4v) is 11.0. The van der Waals surface area contributed by atoms with Crippen molar-refractivity contribution in [1.82, 2.24) is 0 Å². The van der Waals surface area contributed by atoms with Crippen LogP contribution >= 0.6 is 0 Å². The van der Waals surface area contributed by atoms with Crippen molar-refractivity contribution in [2.24, 2.45) is 50.7 Å². The Bertz CT molecular complexity index is 1070. The minimum atomic E-state index is -1.84. The fraction of sp³-hybridized carbons (Fsp3) is 0.867. The van der Waals surface area contributed by atoms with Gasteiger partial charge in [0.25, 0.3) is 0 Å². The van der Waals surface area contributed by atoms with Gasteiger partial charge in [-0.1, -0.05) is 39.3 Å². The van der Waals surface area contributed by atoms with E-state index in [1.54, 1.807) is 6.92 Å². The zero-order valence-electron chi connectivity index (χ0n) is 23.4. The number of hydrogen-bond donors (Lipinski definition) is 6. The zero-order chi connectivity index (χ0) is 28.3. The maximum atomic E-state index is 12.9. The number of hydrogen-bond acceptors (Lipinski definition) is 6. The molecule has 0 bridgehead atoms. The number of carboxylic acid groups (broad SMARTS) is 2. The molecule has 5 rings (SSSR count). The predicted molar refractivity (Wildman–Crippen MR) is 139 cm³/mol. The largest absolute Gasteiger partial charge is 0.481 e. The van der Waals surface area contributed by atoms with Crippen molar-refractivity contribution < 1.29 is 40.2 Å². The molecule has 0 amide bonds. The van der Waals surface area contributed by atoms with Gasteiger partial charge in [-0.05, 0) is 92.3 Å². The second-order valence-electron chi connectivity index (χ2n) is 14.6. The lowest BCUT2D eigenvalue weighted by molar-refractivity contribution is -0.253. The first-order valence-electron chi connectivity index (χ1n) is 14.4. The topological polar surface area (TPSA) is 156 Å². The molecule has 0 aromatic carbocycles. The average Bonchev–Trinajstić information content (AvgIpc) is 2.83. The minimum Gasteiger partial charge on any atom is -0.481 e. The van der Waals surface area contributed by atoms with Gasteiger partial charge < -0.3 is 30.6 Å². The standard InChI is InChI=1S/C30H46O8/c1-16-8-11-29(23(34)35)13-12-26(3)17(21(29)28(16,5)38)6-7-19-25(2)14-18(32)22(33)30(15-31,24(36)37)20(25)9-10-27(19,26)4/h6,16,18-22,31-33,38H,7-15H2,1-5H3,(H,34,35)(H,36,37)/t16-,18-,19-,20-,21-,22+,25-,26-,27-,28-,29+,30+/m1/s1. The van der Waals surface area contributed by atoms with Crippen LogP contribution in [0.2, 0.25) is 0 Å². The van der Waals surface area contributed by atoms with E-state index in [0.717, 1.165) is 5.57 Å². The van der Waals surface area contributed by atoms with E-state index < -0.39 is 69.9 Å². The highest BCUT2D eigenvalue weighted by Crippen LogP contribution is 2.76. The summed E-state index contributed by atoms with van der Waals surface area (Å²) in [6.07, 6.45) is 3.62. The summed E-state index contributed by atoms with van der Waals surface area (Å²) in [5.74, 6) is -3.23. The molecule has 0 saturated heterocycles. The van der Waals surface area contributed by atoms with E-state index in [0.29, 0.717) is 44.9 Å². The molecule has 8 nitrogen and oxygen atoms in total. The van der Waals surface area contributed by atoms with Gasteiger partial charge in [-0.15, -0.1) is 0 Å². The Morgan fingerprint density at radius 2 is 1.61 bits per heavy atom. The third-order valence-electron chi connectivity index (χ3n) is 13.6. The molecule has 5 aliphatic carbocycles. The van der Waals surface area contributed by atoms with Crippen molar-refractivity contribution in [3.05, 3.63) is 11.6 Å². The van der Waals surface area contributed by atoms with Crippen LogP contribution in [0, 0.1) is 50.7 Å². The maximum absolute atomic E-state index is 12.9. The molecule has 0 radical (unpaired) electrons. The van der Waals surface area contributed by atoms with Crippen LogP contribution < -0.4 is 0 Å². The molecule has 0 aliphatic heterocycles. The SMILES string of the molecule is C[C@@H]1CC[C@]2(C(=O)O)CC[C@]3(C)C(=CC[C@@H]4[C@@]5(C)C[C@@H](O)[C@H](O)[C@@](CO)(C(=O)O)[C@@H]5CC[C@]43C)[C@@H]2[C@]1(C)O. The molecular weight excluding hydrogens is 488 g/mol. The number of carbonyl (C=O) groups is 2. The average molecular weight is 535 g/mol. The predicted octanol–water partition coefficient (Wildman–Crippen LogP) is 3.21. The third kappa shape index (κ3) is 3.01. The lowest BCUT2D eigenvalue weighted by Crippen LogP contribution is -2.71. The summed E-state index contributed by atoms with van der Waals surface area (Å²) in [6, 6.07) is 0. The number of rotatable bonds is 3. The normalized spacial score (nSPS) is 56.0. The van der Waals surface area contributed by atoms with Gasteiger partial charge in [0.05, 0.1) is 29.8 Å². The van der Waals surface area contributed by atoms with Crippen LogP contribution in [0.15, 0.2) is 11.6 Å². The second kappa shape index (κ2) is 8.27. The van der Waals surface area contributed by atoms with Crippen LogP contribution in [-0.2, 0) is 9.59 Å². The van der Waals surface area contributed by atoms with Crippen molar-refractivity contribution in [1.29, 1.82) is 0 Å². The molecule has 0 spiro atoms. The first-order chi connectivity index (χ1) is 17.5. The molecule has 0 aromatic heterocycles. The first-order valence-corrected chi connectivity index (χ1v) is 14.4. The molecule has 214 valence electrons. The highest BCUT2D eigenvalue weighted by Gasteiger charge is 2.73. The summed E-state index contributed by atoms with van der Waals surface area (Å²) in [6.45, 7) is 9.53. The minimum absolute atomic E-state index is 0.0433. The Labute approximate surface area is 225 Å². The molecule has 8 heteroatoms. The van der Waals surface area contributed by atoms with Crippen LogP contribution in [0.4, 0.5) is 0 Å². The van der Waals surface area contributed by atoms with E-state index in [1.807, 2.05) is 13.8 Å². The Kier molecular flexibility index (Phi) is 6.11. The zero-order valence-corrected chi connectivity index (χ0v) is 23.4. The Morgan fingerprint density at radius 1 is 0.947 bits per heavy atom. The van der Waals surface area contributed by atoms with Crippen molar-refractivity contribution >= 4 is 11.9 Å². The van der Waals surface area contributed by atoms with Crippen LogP contribution in [0.1, 0.15) is 86.0 Å². The molecule has 0 heterocycles. The fourth-order valence-electron chi connectivity index (χ4n) is 11.0. The number of carboxylic acids is 2. The van der Waals surface area contributed by atoms with Crippen LogP contribution in [0.5, 0.6) is 0 Å². The summed E-state index contributed by atoms with van der Waals surface area (Å²) in [4.78, 5) is 25.5. The number of aliphatic hydroxyl groups excluding tert-OH is 3. The number of aliphatic carboxylic acids is 2. The number of allylic oxidation sites excluding steroid dienone is 1. The third-order valence-corrected chi connectivity index (χ3v) is 13.6. The molecule has 0 aromatic rings. The highest BCUT2D eigenvalue weighted by atomic mass is 16.4. The van der Waals surface area contributed by atoms with E-state index in [1.165, 1.54) is 0 Å². The van der Waals surface area contributed by atoms with Gasteiger partial charge in [-0.25, -0.2) is 0 Å². The second-order valence-corrected chi connectivity index (χ2v) is 14.6. The molecule has 6 N–H and O–H groups in total. The summed E-state index contributed by atoms with van der Waals surface area (Å²) in [5.41, 5.74) is -4.41. The molecule has 4 saturated carbocycles. The Balaban J connectivity index is 1.66. The highest BCUT2D eigenvalue weighted by molar-refractivity contribution is 5.78. The van der Waals surface area contributed by atoms with Gasteiger partial charge in [0, 0.05) is 5.92 Å². The van der Waals surface area contributed by atoms with Gasteiger partial charge in [-0.3, -0.25) is 9.59 Å². The maximum Gasteiger partial charge on any atom is 0.315 e. The molecule has 0 unspecified atom stereocenters. The van der Waals surface area contributed by atoms with Gasteiger partial charge in [0.2, 0.25) is 0 Å². The first kappa shape index (κ1) is 28.1. The quantitative estimate of drug-likeness (QED) is 0.302. The van der Waals surface area contributed by atoms with E-state index in [9.17, 15) is 40.2 Å². The summed E-state index contributed by atoms with van der Waals surface area (Å²) in [5, 5.41) is 65.0. The van der Waals surface area contributed by atoms with E-state index in [2.05, 4.69) is 19.9 Å². The summed E-state index contributed by atoms with van der Waals surface area (Å²) >= 11 is 0. The molecule has 38 heavy (non-hydrogen) atoms. The van der Waals surface area contributed by atoms with Crippen molar-refractivity contribution in [3.63, 3.8) is 0 Å². The molecule has 4 fully saturated rings. The van der Waals surface area contributed by atoms with Crippen molar-refractivity contribution in [2.75, 3.05) is 6.61 Å². The smallest absolute Gasteiger partial charge is 0.315 e. The Morgan fingerprint density at radius 3 is 2.18 bits per heavy atom. The van der Waals surface area contributed by atoms with Crippen molar-refractivity contribution in [2.45, 2.75) is 104 Å². The van der Waals surface area contributed by atoms with Crippen LogP contribution in [0.3, 0.4) is 0 Å². The van der Waals surface area contributed by atoms with Gasteiger partial charge in [-0.2, -0.15) is 0 Å². The van der Waals surface area contributed by atoms with Gasteiger partial charge in [0.1, 0.15) is 5.41 Å². The monoisotopic (exact) mass is 534 g/mol. The summed E-state index contributed by atoms with van der Waals surface area (Å²) < 4.78 is 0. The number of aliphatic hydroxyl groups is 4. The lowest BCUT2D eigenvalue weighted by atomic mass is 9.32. The number of fused-ring (bicyclic) bond motifs is 7. The van der Waals surface area contributed by atoms with Gasteiger partial charge >= 0.3 is 11.9 Å².